The smallest absolute Gasteiger partial charge is 0.176 e. The van der Waals surface area contributed by atoms with Crippen molar-refractivity contribution in [2.24, 2.45) is 0 Å². The van der Waals surface area contributed by atoms with E-state index in [0.717, 1.165) is 5.56 Å². The van der Waals surface area contributed by atoms with E-state index in [9.17, 15) is 8.42 Å². The molecule has 0 saturated carbocycles. The summed E-state index contributed by atoms with van der Waals surface area (Å²) in [6.45, 7) is 0. The molecule has 0 aliphatic heterocycles. The van der Waals surface area contributed by atoms with E-state index in [1.807, 2.05) is 18.2 Å². The SMILES string of the molecule is CS(=O)(=O)c1ccccc1-c1cccc(N)c1. The molecular formula is C13H13NO2S. The van der Waals surface area contributed by atoms with Crippen LogP contribution in [0.15, 0.2) is 53.4 Å². The maximum Gasteiger partial charge on any atom is 0.176 e. The third kappa shape index (κ3) is 2.47. The van der Waals surface area contributed by atoms with E-state index in [-0.39, 0.29) is 0 Å². The van der Waals surface area contributed by atoms with Crippen molar-refractivity contribution in [3.63, 3.8) is 0 Å². The second-order valence-electron chi connectivity index (χ2n) is 3.89. The Morgan fingerprint density at radius 3 is 2.35 bits per heavy atom. The van der Waals surface area contributed by atoms with Crippen molar-refractivity contribution in [1.82, 2.24) is 0 Å². The molecule has 3 nitrogen and oxygen atoms in total. The molecule has 0 aliphatic carbocycles. The quantitative estimate of drug-likeness (QED) is 0.829. The molecule has 4 heteroatoms. The van der Waals surface area contributed by atoms with Gasteiger partial charge in [0, 0.05) is 17.5 Å². The van der Waals surface area contributed by atoms with Crippen molar-refractivity contribution < 1.29 is 8.42 Å². The second-order valence-corrected chi connectivity index (χ2v) is 5.88. The van der Waals surface area contributed by atoms with Crippen LogP contribution in [0.4, 0.5) is 5.69 Å². The highest BCUT2D eigenvalue weighted by Gasteiger charge is 2.13. The molecule has 0 aliphatic rings. The molecule has 17 heavy (non-hydrogen) atoms. The zero-order chi connectivity index (χ0) is 12.5. The molecule has 2 N–H and O–H groups in total. The van der Waals surface area contributed by atoms with Crippen LogP contribution in [0, 0.1) is 0 Å². The van der Waals surface area contributed by atoms with E-state index in [1.165, 1.54) is 6.26 Å². The molecular weight excluding hydrogens is 234 g/mol. The van der Waals surface area contributed by atoms with Gasteiger partial charge in [0.05, 0.1) is 4.90 Å². The minimum Gasteiger partial charge on any atom is -0.399 e. The number of nitrogens with two attached hydrogens (primary N) is 1. The number of benzene rings is 2. The van der Waals surface area contributed by atoms with Crippen molar-refractivity contribution in [2.75, 3.05) is 12.0 Å². The molecule has 0 bridgehead atoms. The van der Waals surface area contributed by atoms with Gasteiger partial charge >= 0.3 is 0 Å². The lowest BCUT2D eigenvalue weighted by Crippen LogP contribution is -1.99. The van der Waals surface area contributed by atoms with Crippen LogP contribution in [0.2, 0.25) is 0 Å². The lowest BCUT2D eigenvalue weighted by Gasteiger charge is -2.08. The Morgan fingerprint density at radius 2 is 1.71 bits per heavy atom. The van der Waals surface area contributed by atoms with Crippen LogP contribution in [-0.4, -0.2) is 14.7 Å². The monoisotopic (exact) mass is 247 g/mol. The van der Waals surface area contributed by atoms with Gasteiger partial charge in [-0.25, -0.2) is 8.42 Å². The lowest BCUT2D eigenvalue weighted by molar-refractivity contribution is 0.602. The molecule has 0 radical (unpaired) electrons. The van der Waals surface area contributed by atoms with Crippen molar-refractivity contribution in [3.05, 3.63) is 48.5 Å². The average Bonchev–Trinajstić information content (AvgIpc) is 2.28. The van der Waals surface area contributed by atoms with Gasteiger partial charge < -0.3 is 5.73 Å². The number of anilines is 1. The summed E-state index contributed by atoms with van der Waals surface area (Å²) in [7, 11) is -3.24. The first-order chi connectivity index (χ1) is 7.98. The van der Waals surface area contributed by atoms with Gasteiger partial charge in [0.2, 0.25) is 0 Å². The zero-order valence-corrected chi connectivity index (χ0v) is 10.2. The van der Waals surface area contributed by atoms with Crippen molar-refractivity contribution >= 4 is 15.5 Å². The Balaban J connectivity index is 2.69. The van der Waals surface area contributed by atoms with Crippen LogP contribution in [0.3, 0.4) is 0 Å². The lowest BCUT2D eigenvalue weighted by atomic mass is 10.1. The minimum atomic E-state index is -3.24. The highest BCUT2D eigenvalue weighted by atomic mass is 32.2. The standard InChI is InChI=1S/C13H13NO2S/c1-17(15,16)13-8-3-2-7-12(13)10-5-4-6-11(14)9-10/h2-9H,14H2,1H3. The first-order valence-corrected chi connectivity index (χ1v) is 7.02. The molecule has 88 valence electrons. The van der Waals surface area contributed by atoms with E-state index in [0.29, 0.717) is 16.1 Å². The first-order valence-electron chi connectivity index (χ1n) is 5.13. The summed E-state index contributed by atoms with van der Waals surface area (Å²) in [4.78, 5) is 0.325. The van der Waals surface area contributed by atoms with Gasteiger partial charge in [-0.05, 0) is 23.8 Å². The van der Waals surface area contributed by atoms with Gasteiger partial charge in [0.15, 0.2) is 9.84 Å². The molecule has 0 fully saturated rings. The van der Waals surface area contributed by atoms with Crippen molar-refractivity contribution in [3.8, 4) is 11.1 Å². The molecule has 0 heterocycles. The average molecular weight is 247 g/mol. The third-order valence-electron chi connectivity index (χ3n) is 2.48. The fourth-order valence-corrected chi connectivity index (χ4v) is 2.65. The van der Waals surface area contributed by atoms with E-state index in [4.69, 9.17) is 5.73 Å². The molecule has 2 aromatic carbocycles. The molecule has 0 aromatic heterocycles. The summed E-state index contributed by atoms with van der Waals surface area (Å²) in [6, 6.07) is 14.1. The third-order valence-corrected chi connectivity index (χ3v) is 3.64. The number of sulfone groups is 1. The summed E-state index contributed by atoms with van der Waals surface area (Å²) >= 11 is 0. The Kier molecular flexibility index (Phi) is 2.90. The minimum absolute atomic E-state index is 0.325. The molecule has 2 rings (SSSR count). The van der Waals surface area contributed by atoms with E-state index >= 15 is 0 Å². The number of hydrogen-bond acceptors (Lipinski definition) is 3. The van der Waals surface area contributed by atoms with E-state index in [1.54, 1.807) is 30.3 Å². The molecule has 0 spiro atoms. The predicted octanol–water partition coefficient (Wildman–Crippen LogP) is 2.34. The molecule has 2 aromatic rings. The van der Waals surface area contributed by atoms with Gasteiger partial charge in [0.1, 0.15) is 0 Å². The van der Waals surface area contributed by atoms with Gasteiger partial charge in [-0.15, -0.1) is 0 Å². The van der Waals surface area contributed by atoms with Crippen LogP contribution >= 0.6 is 0 Å². The molecule has 0 saturated heterocycles. The largest absolute Gasteiger partial charge is 0.399 e. The Labute approximate surface area is 101 Å². The van der Waals surface area contributed by atoms with Crippen LogP contribution in [0.5, 0.6) is 0 Å². The van der Waals surface area contributed by atoms with E-state index < -0.39 is 9.84 Å². The number of nitrogen functional groups attached to an aromatic ring is 1. The van der Waals surface area contributed by atoms with Crippen molar-refractivity contribution in [1.29, 1.82) is 0 Å². The zero-order valence-electron chi connectivity index (χ0n) is 9.42. The first kappa shape index (κ1) is 11.7. The number of hydrogen-bond donors (Lipinski definition) is 1. The maximum atomic E-state index is 11.7. The summed E-state index contributed by atoms with van der Waals surface area (Å²) in [5, 5.41) is 0. The predicted molar refractivity (Wildman–Crippen MR) is 69.4 cm³/mol. The second kappa shape index (κ2) is 4.22. The highest BCUT2D eigenvalue weighted by molar-refractivity contribution is 7.90. The normalized spacial score (nSPS) is 11.4. The van der Waals surface area contributed by atoms with Crippen LogP contribution in [-0.2, 0) is 9.84 Å². The van der Waals surface area contributed by atoms with Gasteiger partial charge in [-0.2, -0.15) is 0 Å². The van der Waals surface area contributed by atoms with Crippen LogP contribution < -0.4 is 5.73 Å². The van der Waals surface area contributed by atoms with Gasteiger partial charge in [-0.1, -0.05) is 30.3 Å². The van der Waals surface area contributed by atoms with Crippen LogP contribution in [0.1, 0.15) is 0 Å². The van der Waals surface area contributed by atoms with Gasteiger partial charge in [0.25, 0.3) is 0 Å². The highest BCUT2D eigenvalue weighted by Crippen LogP contribution is 2.28. The molecule has 0 unspecified atom stereocenters. The summed E-state index contributed by atoms with van der Waals surface area (Å²) in [6.07, 6.45) is 1.21. The fraction of sp³-hybridized carbons (Fsp3) is 0.0769. The van der Waals surface area contributed by atoms with Gasteiger partial charge in [-0.3, -0.25) is 0 Å². The number of rotatable bonds is 2. The van der Waals surface area contributed by atoms with Crippen LogP contribution in [0.25, 0.3) is 11.1 Å². The Hall–Kier alpha value is -1.81. The Morgan fingerprint density at radius 1 is 1.00 bits per heavy atom. The molecule has 0 amide bonds. The summed E-state index contributed by atoms with van der Waals surface area (Å²) in [5.41, 5.74) is 7.82. The topological polar surface area (TPSA) is 60.2 Å². The fourth-order valence-electron chi connectivity index (χ4n) is 1.73. The maximum absolute atomic E-state index is 11.7. The Bertz CT molecular complexity index is 648. The summed E-state index contributed by atoms with van der Waals surface area (Å²) in [5.74, 6) is 0. The van der Waals surface area contributed by atoms with E-state index in [2.05, 4.69) is 0 Å². The molecule has 0 atom stereocenters. The van der Waals surface area contributed by atoms with Crippen molar-refractivity contribution in [2.45, 2.75) is 4.90 Å². The summed E-state index contributed by atoms with van der Waals surface area (Å²) < 4.78 is 23.4.